The van der Waals surface area contributed by atoms with E-state index in [9.17, 15) is 9.18 Å². The summed E-state index contributed by atoms with van der Waals surface area (Å²) in [6.07, 6.45) is 4.35. The van der Waals surface area contributed by atoms with Crippen molar-refractivity contribution in [3.63, 3.8) is 0 Å². The van der Waals surface area contributed by atoms with Gasteiger partial charge in [0, 0.05) is 19.3 Å². The number of carbonyl (C=O) groups excluding carboxylic acids is 1. The highest BCUT2D eigenvalue weighted by atomic mass is 19.1. The summed E-state index contributed by atoms with van der Waals surface area (Å²) < 4.78 is 13.3. The predicted octanol–water partition coefficient (Wildman–Crippen LogP) is 3.57. The Hall–Kier alpha value is -2.76. The number of hydrogen-bond acceptors (Lipinski definition) is 3. The normalized spacial score (nSPS) is 19.3. The lowest BCUT2D eigenvalue weighted by molar-refractivity contribution is 0.197. The number of urea groups is 1. The quantitative estimate of drug-likeness (QED) is 0.918. The average molecular weight is 326 g/mol. The Kier molecular flexibility index (Phi) is 4.84. The van der Waals surface area contributed by atoms with Crippen LogP contribution in [-0.2, 0) is 0 Å². The fraction of sp³-hybridized carbons (Fsp3) is 0.278. The smallest absolute Gasteiger partial charge is 0.323 e. The number of rotatable bonds is 2. The summed E-state index contributed by atoms with van der Waals surface area (Å²) in [4.78, 5) is 14.1. The molecule has 5 nitrogen and oxygen atoms in total. The number of benzene rings is 1. The molecule has 0 aliphatic carbocycles. The summed E-state index contributed by atoms with van der Waals surface area (Å²) in [5, 5.41) is 10.3. The number of anilines is 1. The second kappa shape index (κ2) is 7.21. The zero-order chi connectivity index (χ0) is 16.9. The van der Waals surface area contributed by atoms with E-state index in [0.717, 1.165) is 12.0 Å². The van der Waals surface area contributed by atoms with E-state index >= 15 is 0 Å². The molecule has 2 heterocycles. The zero-order valence-electron chi connectivity index (χ0n) is 13.4. The second-order valence-electron chi connectivity index (χ2n) is 5.91. The molecule has 2 amide bonds. The van der Waals surface area contributed by atoms with Gasteiger partial charge in [-0.05, 0) is 42.2 Å². The Morgan fingerprint density at radius 2 is 2.25 bits per heavy atom. The number of halogens is 1. The molecule has 3 rings (SSSR count). The van der Waals surface area contributed by atoms with Crippen molar-refractivity contribution in [1.29, 1.82) is 0 Å². The number of nitrogens with zero attached hydrogens (tertiary/aromatic N) is 3. The minimum Gasteiger partial charge on any atom is -0.324 e. The fourth-order valence-corrected chi connectivity index (χ4v) is 2.82. The molecule has 124 valence electrons. The Labute approximate surface area is 140 Å². The first kappa shape index (κ1) is 16.1. The zero-order valence-corrected chi connectivity index (χ0v) is 13.4. The molecule has 0 saturated carbocycles. The van der Waals surface area contributed by atoms with Gasteiger partial charge >= 0.3 is 6.03 Å². The molecule has 1 aromatic carbocycles. The Balaban J connectivity index is 1.63. The van der Waals surface area contributed by atoms with Crippen LogP contribution in [-0.4, -0.2) is 34.2 Å². The van der Waals surface area contributed by atoms with Crippen LogP contribution in [0.4, 0.5) is 15.0 Å². The Morgan fingerprint density at radius 1 is 1.38 bits per heavy atom. The third kappa shape index (κ3) is 3.95. The summed E-state index contributed by atoms with van der Waals surface area (Å²) in [6.45, 7) is 3.32. The van der Waals surface area contributed by atoms with E-state index in [1.54, 1.807) is 29.3 Å². The van der Waals surface area contributed by atoms with E-state index in [4.69, 9.17) is 0 Å². The summed E-state index contributed by atoms with van der Waals surface area (Å²) in [6, 6.07) is 9.80. The van der Waals surface area contributed by atoms with Gasteiger partial charge in [-0.25, -0.2) is 9.18 Å². The van der Waals surface area contributed by atoms with Gasteiger partial charge in [-0.1, -0.05) is 30.7 Å². The third-order valence-electron chi connectivity index (χ3n) is 4.09. The minimum absolute atomic E-state index is 0.174. The lowest BCUT2D eigenvalue weighted by Gasteiger charge is -2.33. The molecule has 1 atom stereocenters. The van der Waals surface area contributed by atoms with Crippen LogP contribution < -0.4 is 5.32 Å². The molecule has 1 N–H and O–H groups in total. The molecule has 6 heteroatoms. The summed E-state index contributed by atoms with van der Waals surface area (Å²) >= 11 is 0. The van der Waals surface area contributed by atoms with Crippen LogP contribution in [0, 0.1) is 11.7 Å². The topological polar surface area (TPSA) is 58.1 Å². The van der Waals surface area contributed by atoms with Crippen molar-refractivity contribution in [3.05, 3.63) is 59.5 Å². The van der Waals surface area contributed by atoms with Crippen LogP contribution in [0.15, 0.2) is 48.2 Å². The van der Waals surface area contributed by atoms with Crippen molar-refractivity contribution >= 4 is 17.9 Å². The third-order valence-corrected chi connectivity index (χ3v) is 4.09. The van der Waals surface area contributed by atoms with E-state index in [-0.39, 0.29) is 17.8 Å². The first-order valence-corrected chi connectivity index (χ1v) is 7.91. The Morgan fingerprint density at radius 3 is 2.96 bits per heavy atom. The summed E-state index contributed by atoms with van der Waals surface area (Å²) in [7, 11) is 0. The first-order valence-electron chi connectivity index (χ1n) is 7.91. The van der Waals surface area contributed by atoms with Gasteiger partial charge in [0.05, 0.1) is 0 Å². The van der Waals surface area contributed by atoms with Crippen LogP contribution in [0.3, 0.4) is 0 Å². The highest BCUT2D eigenvalue weighted by Gasteiger charge is 2.24. The fourth-order valence-electron chi connectivity index (χ4n) is 2.82. The standard InChI is InChI=1S/C18H19FN4O/c1-13-12-23(18(24)21-17-6-3-8-20-22-17)9-7-15(13)10-14-4-2-5-16(19)11-14/h2-6,8,10-11,13H,7,9,12H2,1H3,(H,21,22,24)/b15-10+. The van der Waals surface area contributed by atoms with Gasteiger partial charge in [-0.15, -0.1) is 5.10 Å². The Bertz CT molecular complexity index is 748. The molecule has 1 aromatic heterocycles. The van der Waals surface area contributed by atoms with E-state index in [0.29, 0.717) is 18.9 Å². The number of piperidine rings is 1. The maximum Gasteiger partial charge on any atom is 0.323 e. The molecule has 2 aromatic rings. The minimum atomic E-state index is -0.238. The van der Waals surface area contributed by atoms with Gasteiger partial charge in [0.15, 0.2) is 5.82 Å². The van der Waals surface area contributed by atoms with E-state index in [1.807, 2.05) is 12.1 Å². The molecule has 0 radical (unpaired) electrons. The first-order chi connectivity index (χ1) is 11.6. The van der Waals surface area contributed by atoms with Gasteiger partial charge < -0.3 is 4.90 Å². The SMILES string of the molecule is CC1CN(C(=O)Nc2cccnn2)CC/C1=C\c1cccc(F)c1. The van der Waals surface area contributed by atoms with E-state index in [2.05, 4.69) is 22.4 Å². The van der Waals surface area contributed by atoms with Crippen molar-refractivity contribution < 1.29 is 9.18 Å². The van der Waals surface area contributed by atoms with E-state index < -0.39 is 0 Å². The number of hydrogen-bond donors (Lipinski definition) is 1. The maximum atomic E-state index is 13.3. The second-order valence-corrected chi connectivity index (χ2v) is 5.91. The highest BCUT2D eigenvalue weighted by molar-refractivity contribution is 5.88. The van der Waals surface area contributed by atoms with Crippen molar-refractivity contribution in [3.8, 4) is 0 Å². The lowest BCUT2D eigenvalue weighted by Crippen LogP contribution is -2.42. The van der Waals surface area contributed by atoms with Crippen LogP contribution in [0.1, 0.15) is 18.9 Å². The van der Waals surface area contributed by atoms with Crippen molar-refractivity contribution in [2.45, 2.75) is 13.3 Å². The predicted molar refractivity (Wildman–Crippen MR) is 90.8 cm³/mol. The number of aromatic nitrogens is 2. The number of nitrogens with one attached hydrogen (secondary N) is 1. The van der Waals surface area contributed by atoms with Crippen molar-refractivity contribution in [2.24, 2.45) is 5.92 Å². The lowest BCUT2D eigenvalue weighted by atomic mass is 9.91. The van der Waals surface area contributed by atoms with Crippen LogP contribution in [0.25, 0.3) is 6.08 Å². The molecule has 1 aliphatic rings. The number of likely N-dealkylation sites (tertiary alicyclic amines) is 1. The van der Waals surface area contributed by atoms with Crippen LogP contribution in [0.5, 0.6) is 0 Å². The molecule has 0 bridgehead atoms. The van der Waals surface area contributed by atoms with Crippen LogP contribution >= 0.6 is 0 Å². The van der Waals surface area contributed by atoms with Gasteiger partial charge in [0.1, 0.15) is 5.82 Å². The highest BCUT2D eigenvalue weighted by Crippen LogP contribution is 2.25. The average Bonchev–Trinajstić information content (AvgIpc) is 2.57. The largest absolute Gasteiger partial charge is 0.324 e. The van der Waals surface area contributed by atoms with Gasteiger partial charge in [-0.3, -0.25) is 5.32 Å². The number of carbonyl (C=O) groups is 1. The van der Waals surface area contributed by atoms with Crippen molar-refractivity contribution in [2.75, 3.05) is 18.4 Å². The molecule has 1 saturated heterocycles. The summed E-state index contributed by atoms with van der Waals surface area (Å²) in [5.41, 5.74) is 2.08. The monoisotopic (exact) mass is 326 g/mol. The summed E-state index contributed by atoms with van der Waals surface area (Å²) in [5.74, 6) is 0.420. The molecular weight excluding hydrogens is 307 g/mol. The molecule has 24 heavy (non-hydrogen) atoms. The van der Waals surface area contributed by atoms with Gasteiger partial charge in [-0.2, -0.15) is 5.10 Å². The van der Waals surface area contributed by atoms with Gasteiger partial charge in [0.25, 0.3) is 0 Å². The number of amides is 2. The van der Waals surface area contributed by atoms with Gasteiger partial charge in [0.2, 0.25) is 0 Å². The van der Waals surface area contributed by atoms with Crippen LogP contribution in [0.2, 0.25) is 0 Å². The van der Waals surface area contributed by atoms with E-state index in [1.165, 1.54) is 17.7 Å². The molecule has 1 unspecified atom stereocenters. The molecular formula is C18H19FN4O. The van der Waals surface area contributed by atoms with Crippen molar-refractivity contribution in [1.82, 2.24) is 15.1 Å². The maximum absolute atomic E-state index is 13.3. The molecule has 0 spiro atoms. The molecule has 1 fully saturated rings. The molecule has 1 aliphatic heterocycles.